The molecule has 0 aliphatic heterocycles. The van der Waals surface area contributed by atoms with Crippen molar-refractivity contribution in [3.8, 4) is 11.8 Å². The third-order valence-electron chi connectivity index (χ3n) is 3.80. The lowest BCUT2D eigenvalue weighted by Gasteiger charge is -2.35. The van der Waals surface area contributed by atoms with Gasteiger partial charge in [-0.15, -0.1) is 0 Å². The number of hydrogen-bond donors (Lipinski definition) is 1. The van der Waals surface area contributed by atoms with E-state index in [-0.39, 0.29) is 0 Å². The second kappa shape index (κ2) is 5.30. The van der Waals surface area contributed by atoms with E-state index in [1.54, 1.807) is 7.11 Å². The standard InChI is InChI=1S/C15H20N2O/c1-12-6-8-15(11-16,9-7-12)17-13-4-3-5-14(10-13)18-2/h3-5,10,12,17H,6-9H2,1-2H3. The number of rotatable bonds is 3. The molecule has 0 heterocycles. The number of nitrogens with zero attached hydrogens (tertiary/aromatic N) is 1. The van der Waals surface area contributed by atoms with Crippen LogP contribution in [0.4, 0.5) is 5.69 Å². The van der Waals surface area contributed by atoms with Gasteiger partial charge in [-0.05, 0) is 43.7 Å². The third-order valence-corrected chi connectivity index (χ3v) is 3.80. The lowest BCUT2D eigenvalue weighted by molar-refractivity contribution is 0.314. The Kier molecular flexibility index (Phi) is 3.76. The Bertz CT molecular complexity index is 442. The van der Waals surface area contributed by atoms with Gasteiger partial charge in [0.1, 0.15) is 11.3 Å². The molecule has 1 fully saturated rings. The fourth-order valence-electron chi connectivity index (χ4n) is 2.50. The lowest BCUT2D eigenvalue weighted by Crippen LogP contribution is -2.40. The second-order valence-corrected chi connectivity index (χ2v) is 5.23. The zero-order chi connectivity index (χ0) is 13.0. The van der Waals surface area contributed by atoms with Gasteiger partial charge in [-0.3, -0.25) is 0 Å². The Morgan fingerprint density at radius 3 is 2.72 bits per heavy atom. The van der Waals surface area contributed by atoms with Crippen LogP contribution in [0.5, 0.6) is 5.75 Å². The summed E-state index contributed by atoms with van der Waals surface area (Å²) in [5.74, 6) is 1.55. The maximum absolute atomic E-state index is 9.47. The van der Waals surface area contributed by atoms with E-state index in [2.05, 4.69) is 18.3 Å². The molecule has 0 radical (unpaired) electrons. The number of hydrogen-bond acceptors (Lipinski definition) is 3. The van der Waals surface area contributed by atoms with Gasteiger partial charge in [0, 0.05) is 11.8 Å². The van der Waals surface area contributed by atoms with Gasteiger partial charge >= 0.3 is 0 Å². The van der Waals surface area contributed by atoms with Crippen molar-refractivity contribution in [3.05, 3.63) is 24.3 Å². The highest BCUT2D eigenvalue weighted by Crippen LogP contribution is 2.34. The molecule has 0 aromatic heterocycles. The number of ether oxygens (including phenoxy) is 1. The van der Waals surface area contributed by atoms with Gasteiger partial charge in [-0.25, -0.2) is 0 Å². The highest BCUT2D eigenvalue weighted by atomic mass is 16.5. The van der Waals surface area contributed by atoms with Gasteiger partial charge in [-0.2, -0.15) is 5.26 Å². The van der Waals surface area contributed by atoms with Crippen LogP contribution in [0, 0.1) is 17.2 Å². The molecule has 1 aromatic carbocycles. The highest BCUT2D eigenvalue weighted by molar-refractivity contribution is 5.51. The topological polar surface area (TPSA) is 45.0 Å². The molecule has 1 aliphatic carbocycles. The van der Waals surface area contributed by atoms with Crippen molar-refractivity contribution in [2.24, 2.45) is 5.92 Å². The van der Waals surface area contributed by atoms with E-state index in [4.69, 9.17) is 4.74 Å². The summed E-state index contributed by atoms with van der Waals surface area (Å²) in [5.41, 5.74) is 0.559. The summed E-state index contributed by atoms with van der Waals surface area (Å²) in [7, 11) is 1.65. The predicted octanol–water partition coefficient (Wildman–Crippen LogP) is 3.58. The van der Waals surface area contributed by atoms with E-state index in [0.29, 0.717) is 0 Å². The summed E-state index contributed by atoms with van der Waals surface area (Å²) < 4.78 is 5.20. The van der Waals surface area contributed by atoms with Gasteiger partial charge in [0.2, 0.25) is 0 Å². The molecule has 0 unspecified atom stereocenters. The fraction of sp³-hybridized carbons (Fsp3) is 0.533. The number of nitrogens with one attached hydrogen (secondary N) is 1. The monoisotopic (exact) mass is 244 g/mol. The van der Waals surface area contributed by atoms with Crippen LogP contribution >= 0.6 is 0 Å². The number of methoxy groups -OCH3 is 1. The molecule has 96 valence electrons. The van der Waals surface area contributed by atoms with Crippen LogP contribution in [0.25, 0.3) is 0 Å². The van der Waals surface area contributed by atoms with Crippen molar-refractivity contribution in [2.75, 3.05) is 12.4 Å². The van der Waals surface area contributed by atoms with Gasteiger partial charge in [0.25, 0.3) is 0 Å². The summed E-state index contributed by atoms with van der Waals surface area (Å²) in [6.45, 7) is 2.26. The van der Waals surface area contributed by atoms with Gasteiger partial charge < -0.3 is 10.1 Å². The molecule has 1 saturated carbocycles. The van der Waals surface area contributed by atoms with Crippen LogP contribution < -0.4 is 10.1 Å². The van der Waals surface area contributed by atoms with Crippen molar-refractivity contribution >= 4 is 5.69 Å². The largest absolute Gasteiger partial charge is 0.497 e. The van der Waals surface area contributed by atoms with Crippen LogP contribution in [0.2, 0.25) is 0 Å². The first-order valence-electron chi connectivity index (χ1n) is 6.51. The maximum Gasteiger partial charge on any atom is 0.125 e. The molecule has 0 amide bonds. The van der Waals surface area contributed by atoms with Crippen molar-refractivity contribution in [1.29, 1.82) is 5.26 Å². The van der Waals surface area contributed by atoms with Gasteiger partial charge in [0.05, 0.1) is 13.2 Å². The van der Waals surface area contributed by atoms with E-state index in [9.17, 15) is 5.26 Å². The zero-order valence-corrected chi connectivity index (χ0v) is 11.1. The molecule has 2 rings (SSSR count). The van der Waals surface area contributed by atoms with E-state index in [0.717, 1.165) is 43.0 Å². The van der Waals surface area contributed by atoms with E-state index in [1.807, 2.05) is 24.3 Å². The molecule has 0 spiro atoms. The van der Waals surface area contributed by atoms with Gasteiger partial charge in [-0.1, -0.05) is 13.0 Å². The molecular formula is C15H20N2O. The molecule has 1 N–H and O–H groups in total. The van der Waals surface area contributed by atoms with Crippen LogP contribution in [-0.2, 0) is 0 Å². The molecule has 1 aliphatic rings. The molecule has 1 aromatic rings. The molecular weight excluding hydrogens is 224 g/mol. The quantitative estimate of drug-likeness (QED) is 0.884. The average Bonchev–Trinajstić information content (AvgIpc) is 2.42. The second-order valence-electron chi connectivity index (χ2n) is 5.23. The average molecular weight is 244 g/mol. The highest BCUT2D eigenvalue weighted by Gasteiger charge is 2.34. The van der Waals surface area contributed by atoms with E-state index < -0.39 is 5.54 Å². The lowest BCUT2D eigenvalue weighted by atomic mass is 9.78. The summed E-state index contributed by atoms with van der Waals surface area (Å²) in [6.07, 6.45) is 4.07. The number of benzene rings is 1. The minimum absolute atomic E-state index is 0.404. The van der Waals surface area contributed by atoms with Crippen LogP contribution in [-0.4, -0.2) is 12.6 Å². The number of nitriles is 1. The molecule has 3 heteroatoms. The van der Waals surface area contributed by atoms with Crippen LogP contribution in [0.3, 0.4) is 0 Å². The Hall–Kier alpha value is -1.69. The Balaban J connectivity index is 2.13. The first kappa shape index (κ1) is 12.8. The SMILES string of the molecule is COc1cccc(NC2(C#N)CCC(C)CC2)c1. The van der Waals surface area contributed by atoms with Crippen LogP contribution in [0.15, 0.2) is 24.3 Å². The van der Waals surface area contributed by atoms with Gasteiger partial charge in [0.15, 0.2) is 0 Å². The van der Waals surface area contributed by atoms with Crippen LogP contribution in [0.1, 0.15) is 32.6 Å². The summed E-state index contributed by atoms with van der Waals surface area (Å²) >= 11 is 0. The first-order valence-corrected chi connectivity index (χ1v) is 6.51. The smallest absolute Gasteiger partial charge is 0.125 e. The summed E-state index contributed by atoms with van der Waals surface area (Å²) in [5, 5.41) is 12.9. The van der Waals surface area contributed by atoms with Crippen molar-refractivity contribution in [1.82, 2.24) is 0 Å². The third kappa shape index (κ3) is 2.76. The molecule has 3 nitrogen and oxygen atoms in total. The maximum atomic E-state index is 9.47. The Morgan fingerprint density at radius 2 is 2.11 bits per heavy atom. The summed E-state index contributed by atoms with van der Waals surface area (Å²) in [6, 6.07) is 10.3. The molecule has 0 saturated heterocycles. The minimum atomic E-state index is -0.404. The normalized spacial score (nSPS) is 27.3. The minimum Gasteiger partial charge on any atom is -0.497 e. The molecule has 0 bridgehead atoms. The Labute approximate surface area is 109 Å². The predicted molar refractivity (Wildman–Crippen MR) is 72.6 cm³/mol. The van der Waals surface area contributed by atoms with E-state index in [1.165, 1.54) is 0 Å². The first-order chi connectivity index (χ1) is 8.67. The fourth-order valence-corrected chi connectivity index (χ4v) is 2.50. The molecule has 18 heavy (non-hydrogen) atoms. The molecule has 0 atom stereocenters. The van der Waals surface area contributed by atoms with Crippen molar-refractivity contribution < 1.29 is 4.74 Å². The zero-order valence-electron chi connectivity index (χ0n) is 11.1. The Morgan fingerprint density at radius 1 is 1.39 bits per heavy atom. The van der Waals surface area contributed by atoms with Crippen molar-refractivity contribution in [2.45, 2.75) is 38.1 Å². The number of anilines is 1. The van der Waals surface area contributed by atoms with Crippen molar-refractivity contribution in [3.63, 3.8) is 0 Å². The van der Waals surface area contributed by atoms with E-state index >= 15 is 0 Å². The summed E-state index contributed by atoms with van der Waals surface area (Å²) in [4.78, 5) is 0.